The number of carbonyl (C=O) groups excluding carboxylic acids is 1. The van der Waals surface area contributed by atoms with Crippen molar-refractivity contribution in [1.82, 2.24) is 5.32 Å². The molecule has 0 unspecified atom stereocenters. The fraction of sp³-hybridized carbons (Fsp3) is 0.105. The second kappa shape index (κ2) is 8.16. The van der Waals surface area contributed by atoms with E-state index >= 15 is 0 Å². The average molecular weight is 376 g/mol. The second-order valence-corrected chi connectivity index (χ2v) is 6.54. The van der Waals surface area contributed by atoms with Gasteiger partial charge in [-0.15, -0.1) is 11.3 Å². The molecule has 0 aliphatic heterocycles. The van der Waals surface area contributed by atoms with Crippen molar-refractivity contribution in [2.45, 2.75) is 6.04 Å². The molecule has 2 N–H and O–H groups in total. The maximum Gasteiger partial charge on any atom is 0.238 e. The highest BCUT2D eigenvalue weighted by Crippen LogP contribution is 2.26. The van der Waals surface area contributed by atoms with E-state index in [1.807, 2.05) is 17.5 Å². The Hall–Kier alpha value is -2.64. The number of hydrogen-bond acceptors (Lipinski definition) is 3. The van der Waals surface area contributed by atoms with Gasteiger partial charge in [-0.25, -0.2) is 13.2 Å². The number of hydrogen-bond donors (Lipinski definition) is 2. The number of amides is 1. The zero-order valence-corrected chi connectivity index (χ0v) is 14.3. The summed E-state index contributed by atoms with van der Waals surface area (Å²) in [4.78, 5) is 13.1. The lowest BCUT2D eigenvalue weighted by atomic mass is 10.1. The number of nitrogens with one attached hydrogen (secondary N) is 2. The van der Waals surface area contributed by atoms with Crippen LogP contribution in [0.25, 0.3) is 0 Å². The Labute approximate surface area is 152 Å². The molecule has 7 heteroatoms. The summed E-state index contributed by atoms with van der Waals surface area (Å²) in [5.74, 6) is -2.75. The predicted octanol–water partition coefficient (Wildman–Crippen LogP) is 4.48. The molecule has 3 aromatic rings. The molecule has 0 radical (unpaired) electrons. The van der Waals surface area contributed by atoms with Crippen molar-refractivity contribution < 1.29 is 18.0 Å². The number of anilines is 1. The first-order valence-corrected chi connectivity index (χ1v) is 8.68. The van der Waals surface area contributed by atoms with Crippen LogP contribution in [0.15, 0.2) is 60.0 Å². The minimum Gasteiger partial charge on any atom is -0.325 e. The summed E-state index contributed by atoms with van der Waals surface area (Å²) >= 11 is 1.51. The molecule has 0 spiro atoms. The first-order valence-electron chi connectivity index (χ1n) is 7.80. The summed E-state index contributed by atoms with van der Waals surface area (Å²) < 4.78 is 39.3. The third-order valence-corrected chi connectivity index (χ3v) is 4.64. The molecule has 0 bridgehead atoms. The van der Waals surface area contributed by atoms with Crippen molar-refractivity contribution in [3.63, 3.8) is 0 Å². The lowest BCUT2D eigenvalue weighted by Crippen LogP contribution is -2.31. The molecule has 0 fully saturated rings. The number of thiophene rings is 1. The van der Waals surface area contributed by atoms with Crippen molar-refractivity contribution in [3.8, 4) is 0 Å². The van der Waals surface area contributed by atoms with Crippen molar-refractivity contribution in [2.24, 2.45) is 0 Å². The summed E-state index contributed by atoms with van der Waals surface area (Å²) in [6.07, 6.45) is 0. The van der Waals surface area contributed by atoms with E-state index in [1.165, 1.54) is 29.5 Å². The largest absolute Gasteiger partial charge is 0.325 e. The SMILES string of the molecule is O=C(CN[C@H](c1ccc(F)cc1)c1cccs1)Nc1ccc(F)c(F)c1. The molecule has 0 saturated carbocycles. The van der Waals surface area contributed by atoms with Crippen LogP contribution in [0.1, 0.15) is 16.5 Å². The van der Waals surface area contributed by atoms with Crippen LogP contribution in [0, 0.1) is 17.5 Å². The predicted molar refractivity (Wildman–Crippen MR) is 95.6 cm³/mol. The first kappa shape index (κ1) is 18.2. The summed E-state index contributed by atoms with van der Waals surface area (Å²) in [5, 5.41) is 7.53. The van der Waals surface area contributed by atoms with E-state index in [-0.39, 0.29) is 24.1 Å². The van der Waals surface area contributed by atoms with E-state index in [2.05, 4.69) is 10.6 Å². The van der Waals surface area contributed by atoms with Gasteiger partial charge in [0, 0.05) is 16.6 Å². The molecule has 1 heterocycles. The Morgan fingerprint density at radius 2 is 1.77 bits per heavy atom. The number of rotatable bonds is 6. The fourth-order valence-corrected chi connectivity index (χ4v) is 3.29. The molecule has 26 heavy (non-hydrogen) atoms. The zero-order valence-electron chi connectivity index (χ0n) is 13.5. The van der Waals surface area contributed by atoms with Crippen LogP contribution in [-0.4, -0.2) is 12.5 Å². The molecule has 3 rings (SSSR count). The van der Waals surface area contributed by atoms with Crippen LogP contribution >= 0.6 is 11.3 Å². The van der Waals surface area contributed by atoms with Crippen molar-refractivity contribution >= 4 is 22.9 Å². The van der Waals surface area contributed by atoms with Crippen LogP contribution in [0.4, 0.5) is 18.9 Å². The lowest BCUT2D eigenvalue weighted by Gasteiger charge is -2.18. The quantitative estimate of drug-likeness (QED) is 0.666. The Morgan fingerprint density at radius 3 is 2.42 bits per heavy atom. The van der Waals surface area contributed by atoms with Gasteiger partial charge < -0.3 is 5.32 Å². The molecule has 0 aliphatic rings. The lowest BCUT2D eigenvalue weighted by molar-refractivity contribution is -0.115. The van der Waals surface area contributed by atoms with Gasteiger partial charge in [-0.1, -0.05) is 18.2 Å². The highest BCUT2D eigenvalue weighted by atomic mass is 32.1. The van der Waals surface area contributed by atoms with Gasteiger partial charge in [0.25, 0.3) is 0 Å². The number of halogens is 3. The molecule has 1 atom stereocenters. The molecular formula is C19H15F3N2OS. The Kier molecular flexibility index (Phi) is 5.70. The van der Waals surface area contributed by atoms with Gasteiger partial charge in [0.1, 0.15) is 5.82 Å². The van der Waals surface area contributed by atoms with Crippen LogP contribution in [-0.2, 0) is 4.79 Å². The maximum atomic E-state index is 13.2. The highest BCUT2D eigenvalue weighted by molar-refractivity contribution is 7.10. The minimum atomic E-state index is -1.03. The van der Waals surface area contributed by atoms with E-state index in [9.17, 15) is 18.0 Å². The summed E-state index contributed by atoms with van der Waals surface area (Å²) in [6, 6.07) is 12.7. The van der Waals surface area contributed by atoms with Gasteiger partial charge in [0.05, 0.1) is 12.6 Å². The summed E-state index contributed by atoms with van der Waals surface area (Å²) in [7, 11) is 0. The van der Waals surface area contributed by atoms with Gasteiger partial charge in [0.15, 0.2) is 11.6 Å². The molecule has 1 aromatic heterocycles. The standard InChI is InChI=1S/C19H15F3N2OS/c20-13-5-3-12(4-6-13)19(17-2-1-9-26-17)23-11-18(25)24-14-7-8-15(21)16(22)10-14/h1-10,19,23H,11H2,(H,24,25)/t19-/m1/s1. The third-order valence-electron chi connectivity index (χ3n) is 3.70. The van der Waals surface area contributed by atoms with Crippen LogP contribution < -0.4 is 10.6 Å². The molecule has 0 saturated heterocycles. The third kappa shape index (κ3) is 4.50. The monoisotopic (exact) mass is 376 g/mol. The normalized spacial score (nSPS) is 12.0. The molecule has 0 aliphatic carbocycles. The zero-order chi connectivity index (χ0) is 18.5. The van der Waals surface area contributed by atoms with Gasteiger partial charge >= 0.3 is 0 Å². The van der Waals surface area contributed by atoms with Crippen LogP contribution in [0.2, 0.25) is 0 Å². The van der Waals surface area contributed by atoms with E-state index in [0.29, 0.717) is 0 Å². The fourth-order valence-electron chi connectivity index (χ4n) is 2.47. The van der Waals surface area contributed by atoms with Gasteiger partial charge in [-0.2, -0.15) is 0 Å². The van der Waals surface area contributed by atoms with Crippen molar-refractivity contribution in [3.05, 3.63) is 87.9 Å². The van der Waals surface area contributed by atoms with Gasteiger partial charge in [0.2, 0.25) is 5.91 Å². The number of carbonyl (C=O) groups is 1. The minimum absolute atomic E-state index is 0.0566. The van der Waals surface area contributed by atoms with E-state index in [0.717, 1.165) is 22.6 Å². The van der Waals surface area contributed by atoms with Crippen LogP contribution in [0.5, 0.6) is 0 Å². The molecule has 2 aromatic carbocycles. The Bertz CT molecular complexity index is 882. The van der Waals surface area contributed by atoms with E-state index < -0.39 is 17.5 Å². The Balaban J connectivity index is 1.68. The average Bonchev–Trinajstić information content (AvgIpc) is 3.14. The second-order valence-electron chi connectivity index (χ2n) is 5.56. The molecule has 1 amide bonds. The molecule has 134 valence electrons. The van der Waals surface area contributed by atoms with Gasteiger partial charge in [-0.05, 0) is 41.3 Å². The first-order chi connectivity index (χ1) is 12.5. The smallest absolute Gasteiger partial charge is 0.238 e. The van der Waals surface area contributed by atoms with Crippen molar-refractivity contribution in [1.29, 1.82) is 0 Å². The summed E-state index contributed by atoms with van der Waals surface area (Å²) in [5.41, 5.74) is 0.986. The topological polar surface area (TPSA) is 41.1 Å². The Morgan fingerprint density at radius 1 is 1.00 bits per heavy atom. The molecule has 3 nitrogen and oxygen atoms in total. The van der Waals surface area contributed by atoms with Gasteiger partial charge in [-0.3, -0.25) is 10.1 Å². The van der Waals surface area contributed by atoms with Crippen LogP contribution in [0.3, 0.4) is 0 Å². The highest BCUT2D eigenvalue weighted by Gasteiger charge is 2.16. The van der Waals surface area contributed by atoms with E-state index in [1.54, 1.807) is 12.1 Å². The van der Waals surface area contributed by atoms with E-state index in [4.69, 9.17) is 0 Å². The van der Waals surface area contributed by atoms with Crippen molar-refractivity contribution in [2.75, 3.05) is 11.9 Å². The summed E-state index contributed by atoms with van der Waals surface area (Å²) in [6.45, 7) is -0.0566. The number of benzene rings is 2. The maximum absolute atomic E-state index is 13.2. The molecular weight excluding hydrogens is 361 g/mol.